The zero-order valence-electron chi connectivity index (χ0n) is 16.1. The Morgan fingerprint density at radius 2 is 1.84 bits per heavy atom. The van der Waals surface area contributed by atoms with E-state index in [-0.39, 0.29) is 18.4 Å². The smallest absolute Gasteiger partial charge is 0.326 e. The minimum Gasteiger partial charge on any atom is -0.459 e. The number of carbonyl (C=O) groups is 2. The molecule has 5 nitrogen and oxygen atoms in total. The lowest BCUT2D eigenvalue weighted by atomic mass is 9.95. The molecule has 0 radical (unpaired) electrons. The van der Waals surface area contributed by atoms with E-state index in [1.54, 1.807) is 16.2 Å². The van der Waals surface area contributed by atoms with Gasteiger partial charge < -0.3 is 14.5 Å². The van der Waals surface area contributed by atoms with Crippen molar-refractivity contribution >= 4 is 23.2 Å². The van der Waals surface area contributed by atoms with Gasteiger partial charge in [-0.15, -0.1) is 11.3 Å². The highest BCUT2D eigenvalue weighted by Crippen LogP contribution is 2.31. The second-order valence-corrected chi connectivity index (χ2v) is 8.84. The summed E-state index contributed by atoms with van der Waals surface area (Å²) in [7, 11) is 3.92. The van der Waals surface area contributed by atoms with E-state index in [2.05, 4.69) is 0 Å². The quantitative estimate of drug-likeness (QED) is 0.726. The van der Waals surface area contributed by atoms with Crippen LogP contribution < -0.4 is 0 Å². The van der Waals surface area contributed by atoms with Gasteiger partial charge in [-0.2, -0.15) is 0 Å². The van der Waals surface area contributed by atoms with E-state index in [0.29, 0.717) is 13.1 Å². The first-order valence-electron chi connectivity index (χ1n) is 8.92. The maximum atomic E-state index is 13.1. The van der Waals surface area contributed by atoms with E-state index >= 15 is 0 Å². The fraction of sp³-hybridized carbons (Fsp3) is 0.684. The largest absolute Gasteiger partial charge is 0.459 e. The Bertz CT molecular complexity index is 617. The van der Waals surface area contributed by atoms with E-state index in [9.17, 15) is 9.59 Å². The molecule has 0 N–H and O–H groups in total. The third-order valence-electron chi connectivity index (χ3n) is 4.14. The number of carbonyl (C=O) groups excluding carboxylic acids is 2. The van der Waals surface area contributed by atoms with E-state index in [0.717, 1.165) is 24.8 Å². The van der Waals surface area contributed by atoms with E-state index < -0.39 is 5.60 Å². The van der Waals surface area contributed by atoms with E-state index in [4.69, 9.17) is 4.74 Å². The molecule has 0 saturated heterocycles. The van der Waals surface area contributed by atoms with Gasteiger partial charge in [0.2, 0.25) is 0 Å². The monoisotopic (exact) mass is 366 g/mol. The van der Waals surface area contributed by atoms with Gasteiger partial charge in [-0.1, -0.05) is 0 Å². The van der Waals surface area contributed by atoms with Crippen molar-refractivity contribution in [2.45, 2.75) is 52.1 Å². The number of hydrogen-bond acceptors (Lipinski definition) is 5. The predicted octanol–water partition coefficient (Wildman–Crippen LogP) is 2.97. The maximum Gasteiger partial charge on any atom is 0.326 e. The first-order valence-corrected chi connectivity index (χ1v) is 9.80. The highest BCUT2D eigenvalue weighted by molar-refractivity contribution is 7.10. The van der Waals surface area contributed by atoms with Gasteiger partial charge in [-0.25, -0.2) is 0 Å². The molecule has 1 amide bonds. The Hall–Kier alpha value is -1.40. The van der Waals surface area contributed by atoms with Crippen molar-refractivity contribution in [3.05, 3.63) is 21.4 Å². The molecular weight excluding hydrogens is 336 g/mol. The third-order valence-corrected chi connectivity index (χ3v) is 5.22. The number of nitrogens with zero attached hydrogens (tertiary/aromatic N) is 2. The lowest BCUT2D eigenvalue weighted by molar-refractivity contribution is -0.155. The average molecular weight is 367 g/mol. The minimum absolute atomic E-state index is 0.00539. The SMILES string of the molecule is CN(C)CCN(CC(=O)OC(C)(C)C)C(=O)c1csc2c1CCCC2. The Kier molecular flexibility index (Phi) is 6.63. The molecule has 25 heavy (non-hydrogen) atoms. The highest BCUT2D eigenvalue weighted by atomic mass is 32.1. The zero-order chi connectivity index (χ0) is 18.6. The second kappa shape index (κ2) is 8.32. The third kappa shape index (κ3) is 5.82. The van der Waals surface area contributed by atoms with E-state index in [1.807, 2.05) is 45.1 Å². The summed E-state index contributed by atoms with van der Waals surface area (Å²) in [5, 5.41) is 1.97. The second-order valence-electron chi connectivity index (χ2n) is 7.87. The Morgan fingerprint density at radius 1 is 1.16 bits per heavy atom. The topological polar surface area (TPSA) is 49.9 Å². The van der Waals surface area contributed by atoms with Crippen LogP contribution in [0.1, 0.15) is 54.4 Å². The fourth-order valence-corrected chi connectivity index (χ4v) is 4.07. The highest BCUT2D eigenvalue weighted by Gasteiger charge is 2.27. The van der Waals surface area contributed by atoms with Crippen LogP contribution in [0, 0.1) is 0 Å². The van der Waals surface area contributed by atoms with Gasteiger partial charge in [0.05, 0.1) is 5.56 Å². The lowest BCUT2D eigenvalue weighted by Crippen LogP contribution is -2.42. The fourth-order valence-electron chi connectivity index (χ4n) is 2.95. The summed E-state index contributed by atoms with van der Waals surface area (Å²) >= 11 is 1.68. The molecule has 0 aromatic carbocycles. The van der Waals surface area contributed by atoms with Crippen molar-refractivity contribution in [3.8, 4) is 0 Å². The molecule has 0 atom stereocenters. The molecule has 0 fully saturated rings. The van der Waals surface area contributed by atoms with E-state index in [1.165, 1.54) is 16.9 Å². The van der Waals surface area contributed by atoms with Crippen molar-refractivity contribution in [1.82, 2.24) is 9.80 Å². The summed E-state index contributed by atoms with van der Waals surface area (Å²) in [6.45, 7) is 6.73. The molecule has 1 aliphatic carbocycles. The molecule has 1 heterocycles. The average Bonchev–Trinajstić information content (AvgIpc) is 2.92. The molecule has 1 aliphatic rings. The number of fused-ring (bicyclic) bond motifs is 1. The Morgan fingerprint density at radius 3 is 2.48 bits per heavy atom. The number of amides is 1. The van der Waals surface area contributed by atoms with Crippen LogP contribution in [0.15, 0.2) is 5.38 Å². The van der Waals surface area contributed by atoms with Crippen LogP contribution in [0.3, 0.4) is 0 Å². The number of rotatable bonds is 6. The molecular formula is C19H30N2O3S. The number of aryl methyl sites for hydroxylation is 1. The summed E-state index contributed by atoms with van der Waals surface area (Å²) in [6.07, 6.45) is 4.36. The van der Waals surface area contributed by atoms with Crippen LogP contribution in [0.5, 0.6) is 0 Å². The van der Waals surface area contributed by atoms with Crippen molar-refractivity contribution in [2.75, 3.05) is 33.7 Å². The van der Waals surface area contributed by atoms with Gasteiger partial charge in [0, 0.05) is 23.3 Å². The molecule has 140 valence electrons. The van der Waals surface area contributed by atoms with Crippen LogP contribution in [-0.4, -0.2) is 61.0 Å². The predicted molar refractivity (Wildman–Crippen MR) is 101 cm³/mol. The minimum atomic E-state index is -0.547. The summed E-state index contributed by atoms with van der Waals surface area (Å²) in [4.78, 5) is 30.3. The van der Waals surface area contributed by atoms with Crippen LogP contribution in [0.4, 0.5) is 0 Å². The summed E-state index contributed by atoms with van der Waals surface area (Å²) in [6, 6.07) is 0. The molecule has 1 aromatic rings. The molecule has 0 saturated carbocycles. The normalized spacial score (nSPS) is 14.3. The van der Waals surface area contributed by atoms with Gasteiger partial charge >= 0.3 is 5.97 Å². The molecule has 0 bridgehead atoms. The number of esters is 1. The molecule has 1 aromatic heterocycles. The van der Waals surface area contributed by atoms with Gasteiger partial charge in [0.15, 0.2) is 0 Å². The lowest BCUT2D eigenvalue weighted by Gasteiger charge is -2.26. The summed E-state index contributed by atoms with van der Waals surface area (Å²) in [5.41, 5.74) is 1.43. The Balaban J connectivity index is 2.15. The molecule has 6 heteroatoms. The first-order chi connectivity index (χ1) is 11.7. The van der Waals surface area contributed by atoms with Crippen LogP contribution in [0.25, 0.3) is 0 Å². The number of likely N-dealkylation sites (N-methyl/N-ethyl adjacent to an activating group) is 1. The van der Waals surface area contributed by atoms with Crippen molar-refractivity contribution in [2.24, 2.45) is 0 Å². The standard InChI is InChI=1S/C19H30N2O3S/c1-19(2,3)24-17(22)12-21(11-10-20(4)5)18(23)15-13-25-16-9-7-6-8-14(15)16/h13H,6-12H2,1-5H3. The zero-order valence-corrected chi connectivity index (χ0v) is 16.9. The van der Waals surface area contributed by atoms with Gasteiger partial charge in [-0.3, -0.25) is 9.59 Å². The van der Waals surface area contributed by atoms with Gasteiger partial charge in [-0.05, 0) is 66.1 Å². The summed E-state index contributed by atoms with van der Waals surface area (Å²) < 4.78 is 5.41. The maximum absolute atomic E-state index is 13.1. The first kappa shape index (κ1) is 19.9. The molecule has 0 spiro atoms. The van der Waals surface area contributed by atoms with Crippen LogP contribution in [0.2, 0.25) is 0 Å². The molecule has 0 aliphatic heterocycles. The van der Waals surface area contributed by atoms with Crippen molar-refractivity contribution in [1.29, 1.82) is 0 Å². The van der Waals surface area contributed by atoms with Crippen LogP contribution >= 0.6 is 11.3 Å². The Labute approximate surface area is 154 Å². The number of thiophene rings is 1. The van der Waals surface area contributed by atoms with Crippen molar-refractivity contribution < 1.29 is 14.3 Å². The van der Waals surface area contributed by atoms with Gasteiger partial charge in [0.25, 0.3) is 5.91 Å². The van der Waals surface area contributed by atoms with Gasteiger partial charge in [0.1, 0.15) is 12.1 Å². The van der Waals surface area contributed by atoms with Crippen molar-refractivity contribution in [3.63, 3.8) is 0 Å². The number of hydrogen-bond donors (Lipinski definition) is 0. The van der Waals surface area contributed by atoms with Crippen LogP contribution in [-0.2, 0) is 22.4 Å². The molecule has 2 rings (SSSR count). The molecule has 0 unspecified atom stereocenters. The number of ether oxygens (including phenoxy) is 1. The summed E-state index contributed by atoms with van der Waals surface area (Å²) in [5.74, 6) is -0.407.